The van der Waals surface area contributed by atoms with Crippen molar-refractivity contribution >= 4 is 35.3 Å². The summed E-state index contributed by atoms with van der Waals surface area (Å²) >= 11 is 3.49. The normalized spacial score (nSPS) is 13.0. The second-order valence-corrected chi connectivity index (χ2v) is 10.2. The van der Waals surface area contributed by atoms with E-state index >= 15 is 0 Å². The summed E-state index contributed by atoms with van der Waals surface area (Å²) in [7, 11) is -1.40. The molecule has 1 unspecified atom stereocenters. The summed E-state index contributed by atoms with van der Waals surface area (Å²) in [4.78, 5) is 4.69. The summed E-state index contributed by atoms with van der Waals surface area (Å²) in [6.45, 7) is 6.61. The molecule has 0 saturated carbocycles. The summed E-state index contributed by atoms with van der Waals surface area (Å²) in [5, 5.41) is 2.49. The van der Waals surface area contributed by atoms with Crippen LogP contribution in [0.25, 0.3) is 0 Å². The third-order valence-electron chi connectivity index (χ3n) is 4.10. The van der Waals surface area contributed by atoms with Crippen LogP contribution in [0.3, 0.4) is 0 Å². The van der Waals surface area contributed by atoms with Crippen molar-refractivity contribution in [3.05, 3.63) is 89.2 Å². The van der Waals surface area contributed by atoms with Gasteiger partial charge in [0.1, 0.15) is 4.60 Å². The molecular weight excluding hydrogens is 402 g/mol. The van der Waals surface area contributed by atoms with E-state index in [2.05, 4.69) is 96.3 Å². The molecule has 0 spiro atoms. The number of benzene rings is 2. The smallest absolute Gasteiger partial charge is 0.283 e. The number of rotatable bonds is 5. The molecule has 2 aromatic carbocycles. The van der Waals surface area contributed by atoms with Crippen molar-refractivity contribution in [1.29, 1.82) is 0 Å². The topological polar surface area (TPSA) is 22.1 Å². The van der Waals surface area contributed by atoms with Gasteiger partial charge in [0, 0.05) is 0 Å². The van der Waals surface area contributed by atoms with Gasteiger partial charge in [0.25, 0.3) is 9.04 Å². The Kier molecular flexibility index (Phi) is 6.07. The maximum atomic E-state index is 6.85. The highest BCUT2D eigenvalue weighted by Crippen LogP contribution is 2.36. The molecule has 26 heavy (non-hydrogen) atoms. The predicted molar refractivity (Wildman–Crippen MR) is 113 cm³/mol. The predicted octanol–water partition coefficient (Wildman–Crippen LogP) is 4.75. The summed E-state index contributed by atoms with van der Waals surface area (Å²) in [6.07, 6.45) is -0.102. The molecule has 0 N–H and O–H groups in total. The first kappa shape index (κ1) is 19.0. The Morgan fingerprint density at radius 1 is 0.808 bits per heavy atom. The molecule has 3 aromatic rings. The highest BCUT2D eigenvalue weighted by Gasteiger charge is 2.33. The number of hydrogen-bond donors (Lipinski definition) is 0. The quantitative estimate of drug-likeness (QED) is 0.435. The Morgan fingerprint density at radius 3 is 1.81 bits per heavy atom. The molecular formula is C22H23BrNOSi. The molecule has 0 aliphatic rings. The van der Waals surface area contributed by atoms with Gasteiger partial charge in [0.15, 0.2) is 0 Å². The van der Waals surface area contributed by atoms with Gasteiger partial charge in [-0.15, -0.1) is 0 Å². The average molecular weight is 425 g/mol. The van der Waals surface area contributed by atoms with Gasteiger partial charge in [0.2, 0.25) is 0 Å². The molecule has 3 rings (SSSR count). The second-order valence-electron chi connectivity index (χ2n) is 7.31. The zero-order chi connectivity index (χ0) is 18.6. The van der Waals surface area contributed by atoms with Crippen molar-refractivity contribution in [3.8, 4) is 0 Å². The average Bonchev–Trinajstić information content (AvgIpc) is 2.63. The van der Waals surface area contributed by atoms with E-state index in [1.807, 2.05) is 24.3 Å². The third-order valence-corrected chi connectivity index (χ3v) is 6.73. The highest BCUT2D eigenvalue weighted by atomic mass is 79.9. The van der Waals surface area contributed by atoms with E-state index in [-0.39, 0.29) is 11.5 Å². The molecule has 4 heteroatoms. The van der Waals surface area contributed by atoms with Gasteiger partial charge in [0.05, 0.1) is 11.8 Å². The SMILES string of the molecule is CC(C)(C)C(O[Si](c1ccccc1)c1ccccc1)c1cccc(Br)n1. The number of nitrogens with zero attached hydrogens (tertiary/aromatic N) is 1. The fourth-order valence-electron chi connectivity index (χ4n) is 2.85. The molecule has 0 bridgehead atoms. The lowest BCUT2D eigenvalue weighted by molar-refractivity contribution is 0.0856. The molecule has 0 saturated heterocycles. The van der Waals surface area contributed by atoms with Gasteiger partial charge < -0.3 is 4.43 Å². The van der Waals surface area contributed by atoms with E-state index in [9.17, 15) is 0 Å². The van der Waals surface area contributed by atoms with E-state index in [1.165, 1.54) is 10.4 Å². The Labute approximate surface area is 166 Å². The second kappa shape index (κ2) is 8.29. The van der Waals surface area contributed by atoms with E-state index in [4.69, 9.17) is 4.43 Å². The van der Waals surface area contributed by atoms with Crippen LogP contribution < -0.4 is 10.4 Å². The standard InChI is InChI=1S/C22H23BrNOSi/c1-22(2,3)21(19-15-10-16-20(23)24-19)25-26(17-11-6-4-7-12-17)18-13-8-5-9-14-18/h4-16,21H,1-3H3. The molecule has 1 radical (unpaired) electrons. The Morgan fingerprint density at radius 2 is 1.35 bits per heavy atom. The van der Waals surface area contributed by atoms with Crippen LogP contribution in [0.4, 0.5) is 0 Å². The minimum atomic E-state index is -1.40. The highest BCUT2D eigenvalue weighted by molar-refractivity contribution is 9.10. The van der Waals surface area contributed by atoms with Gasteiger partial charge in [-0.2, -0.15) is 0 Å². The van der Waals surface area contributed by atoms with E-state index in [1.54, 1.807) is 0 Å². The Balaban J connectivity index is 2.03. The zero-order valence-electron chi connectivity index (χ0n) is 15.3. The maximum absolute atomic E-state index is 6.85. The van der Waals surface area contributed by atoms with Crippen molar-refractivity contribution in [2.75, 3.05) is 0 Å². The maximum Gasteiger partial charge on any atom is 0.283 e. The molecule has 133 valence electrons. The lowest BCUT2D eigenvalue weighted by atomic mass is 9.87. The fourth-order valence-corrected chi connectivity index (χ4v) is 5.51. The first-order valence-corrected chi connectivity index (χ1v) is 10.9. The first-order valence-electron chi connectivity index (χ1n) is 8.72. The van der Waals surface area contributed by atoms with Crippen molar-refractivity contribution in [3.63, 3.8) is 0 Å². The summed E-state index contributed by atoms with van der Waals surface area (Å²) in [6, 6.07) is 27.1. The van der Waals surface area contributed by atoms with Gasteiger partial charge >= 0.3 is 0 Å². The molecule has 0 fully saturated rings. The number of pyridine rings is 1. The first-order chi connectivity index (χ1) is 12.4. The Bertz CT molecular complexity index is 794. The van der Waals surface area contributed by atoms with Gasteiger partial charge in [-0.3, -0.25) is 0 Å². The molecule has 1 atom stereocenters. The van der Waals surface area contributed by atoms with Crippen LogP contribution in [0.5, 0.6) is 0 Å². The van der Waals surface area contributed by atoms with Crippen LogP contribution in [0.1, 0.15) is 32.6 Å². The van der Waals surface area contributed by atoms with Crippen LogP contribution in [-0.4, -0.2) is 14.0 Å². The van der Waals surface area contributed by atoms with Crippen LogP contribution in [0.15, 0.2) is 83.5 Å². The summed E-state index contributed by atoms with van der Waals surface area (Å²) < 4.78 is 7.68. The fraction of sp³-hybridized carbons (Fsp3) is 0.227. The molecule has 0 aliphatic carbocycles. The molecule has 0 amide bonds. The monoisotopic (exact) mass is 424 g/mol. The zero-order valence-corrected chi connectivity index (χ0v) is 17.9. The molecule has 1 heterocycles. The minimum absolute atomic E-state index is 0.0761. The van der Waals surface area contributed by atoms with Gasteiger partial charge in [-0.25, -0.2) is 4.98 Å². The molecule has 0 aliphatic heterocycles. The van der Waals surface area contributed by atoms with E-state index in [0.717, 1.165) is 10.3 Å². The summed E-state index contributed by atoms with van der Waals surface area (Å²) in [5.41, 5.74) is 0.883. The number of aromatic nitrogens is 1. The van der Waals surface area contributed by atoms with Crippen LogP contribution in [0, 0.1) is 5.41 Å². The van der Waals surface area contributed by atoms with E-state index < -0.39 is 9.04 Å². The van der Waals surface area contributed by atoms with Crippen LogP contribution >= 0.6 is 15.9 Å². The third kappa shape index (κ3) is 4.70. The largest absolute Gasteiger partial charge is 0.398 e. The summed E-state index contributed by atoms with van der Waals surface area (Å²) in [5.74, 6) is 0. The van der Waals surface area contributed by atoms with Crippen LogP contribution in [-0.2, 0) is 4.43 Å². The van der Waals surface area contributed by atoms with Crippen molar-refractivity contribution in [2.45, 2.75) is 26.9 Å². The van der Waals surface area contributed by atoms with Crippen molar-refractivity contribution < 1.29 is 4.43 Å². The lowest BCUT2D eigenvalue weighted by Gasteiger charge is -2.33. The Hall–Kier alpha value is -1.75. The lowest BCUT2D eigenvalue weighted by Crippen LogP contribution is -2.47. The molecule has 1 aromatic heterocycles. The number of hydrogen-bond acceptors (Lipinski definition) is 2. The molecule has 2 nitrogen and oxygen atoms in total. The van der Waals surface area contributed by atoms with E-state index in [0.29, 0.717) is 0 Å². The van der Waals surface area contributed by atoms with Crippen molar-refractivity contribution in [2.24, 2.45) is 5.41 Å². The van der Waals surface area contributed by atoms with Crippen molar-refractivity contribution in [1.82, 2.24) is 4.98 Å². The number of halogens is 1. The minimum Gasteiger partial charge on any atom is -0.398 e. The van der Waals surface area contributed by atoms with Gasteiger partial charge in [-0.05, 0) is 43.9 Å². The van der Waals surface area contributed by atoms with Crippen LogP contribution in [0.2, 0.25) is 0 Å². The van der Waals surface area contributed by atoms with Gasteiger partial charge in [-0.1, -0.05) is 87.5 Å².